The maximum atomic E-state index is 13.6. The molecule has 2 aromatic rings. The summed E-state index contributed by atoms with van der Waals surface area (Å²) in [5.41, 5.74) is 1.32. The monoisotopic (exact) mass is 303 g/mol. The molecule has 2 aromatic carbocycles. The third kappa shape index (κ3) is 4.56. The van der Waals surface area contributed by atoms with Gasteiger partial charge in [-0.3, -0.25) is 4.79 Å². The lowest BCUT2D eigenvalue weighted by Crippen LogP contribution is -3.08. The number of hydrogen-bond acceptors (Lipinski definition) is 2. The van der Waals surface area contributed by atoms with Crippen LogP contribution >= 0.6 is 0 Å². The Morgan fingerprint density at radius 3 is 2.50 bits per heavy atom. The third-order valence-corrected chi connectivity index (χ3v) is 3.29. The first kappa shape index (κ1) is 16.0. The van der Waals surface area contributed by atoms with E-state index in [4.69, 9.17) is 4.74 Å². The molecule has 5 heteroatoms. The summed E-state index contributed by atoms with van der Waals surface area (Å²) in [4.78, 5) is 12.9. The van der Waals surface area contributed by atoms with Gasteiger partial charge in [-0.25, -0.2) is 4.39 Å². The van der Waals surface area contributed by atoms with Crippen molar-refractivity contribution in [2.75, 3.05) is 26.0 Å². The molecule has 0 heterocycles. The summed E-state index contributed by atoms with van der Waals surface area (Å²) in [6.45, 7) is 0.725. The maximum absolute atomic E-state index is 13.6. The lowest BCUT2D eigenvalue weighted by atomic mass is 10.2. The van der Waals surface area contributed by atoms with Gasteiger partial charge < -0.3 is 15.0 Å². The normalized spacial score (nSPS) is 11.8. The van der Waals surface area contributed by atoms with E-state index in [-0.39, 0.29) is 18.3 Å². The van der Waals surface area contributed by atoms with Crippen molar-refractivity contribution in [3.05, 3.63) is 59.9 Å². The van der Waals surface area contributed by atoms with Crippen molar-refractivity contribution in [2.24, 2.45) is 0 Å². The summed E-state index contributed by atoms with van der Waals surface area (Å²) in [7, 11) is 3.45. The van der Waals surface area contributed by atoms with Crippen molar-refractivity contribution in [3.63, 3.8) is 0 Å². The average Bonchev–Trinajstić information content (AvgIpc) is 2.50. The van der Waals surface area contributed by atoms with E-state index < -0.39 is 0 Å². The molecule has 1 atom stereocenters. The zero-order valence-electron chi connectivity index (χ0n) is 12.7. The second-order valence-corrected chi connectivity index (χ2v) is 5.18. The highest BCUT2D eigenvalue weighted by Gasteiger charge is 2.12. The highest BCUT2D eigenvalue weighted by Crippen LogP contribution is 2.14. The first-order chi connectivity index (χ1) is 10.6. The van der Waals surface area contributed by atoms with E-state index in [9.17, 15) is 9.18 Å². The van der Waals surface area contributed by atoms with Crippen molar-refractivity contribution in [3.8, 4) is 5.75 Å². The van der Waals surface area contributed by atoms with Crippen molar-refractivity contribution >= 4 is 11.6 Å². The van der Waals surface area contributed by atoms with Crippen molar-refractivity contribution in [1.82, 2.24) is 0 Å². The average molecular weight is 303 g/mol. The van der Waals surface area contributed by atoms with Crippen molar-refractivity contribution in [2.45, 2.75) is 6.54 Å². The highest BCUT2D eigenvalue weighted by atomic mass is 19.1. The second kappa shape index (κ2) is 7.56. The van der Waals surface area contributed by atoms with E-state index in [1.165, 1.54) is 6.07 Å². The molecule has 4 nitrogen and oxygen atoms in total. The zero-order chi connectivity index (χ0) is 15.9. The molecule has 0 aromatic heterocycles. The van der Waals surface area contributed by atoms with Gasteiger partial charge in [-0.15, -0.1) is 0 Å². The summed E-state index contributed by atoms with van der Waals surface area (Å²) in [6, 6.07) is 13.7. The SMILES string of the molecule is COc1ccc(NC(=O)C[NH+](C)Cc2ccccc2F)cc1. The van der Waals surface area contributed by atoms with Gasteiger partial charge in [-0.1, -0.05) is 18.2 Å². The molecule has 0 bridgehead atoms. The van der Waals surface area contributed by atoms with Gasteiger partial charge in [0, 0.05) is 11.3 Å². The fourth-order valence-corrected chi connectivity index (χ4v) is 2.18. The number of quaternary nitrogens is 1. The number of rotatable bonds is 6. The number of anilines is 1. The molecule has 0 saturated heterocycles. The first-order valence-electron chi connectivity index (χ1n) is 7.07. The van der Waals surface area contributed by atoms with Crippen LogP contribution in [0.4, 0.5) is 10.1 Å². The second-order valence-electron chi connectivity index (χ2n) is 5.18. The van der Waals surface area contributed by atoms with E-state index in [2.05, 4.69) is 5.32 Å². The molecule has 0 aliphatic carbocycles. The molecule has 2 rings (SSSR count). The number of likely N-dealkylation sites (N-methyl/N-ethyl adjacent to an activating group) is 1. The van der Waals surface area contributed by atoms with Crippen LogP contribution in [-0.4, -0.2) is 26.6 Å². The van der Waals surface area contributed by atoms with Crippen LogP contribution in [0.15, 0.2) is 48.5 Å². The largest absolute Gasteiger partial charge is 0.497 e. The van der Waals surface area contributed by atoms with E-state index in [1.807, 2.05) is 7.05 Å². The number of halogens is 1. The van der Waals surface area contributed by atoms with Crippen LogP contribution < -0.4 is 15.0 Å². The standard InChI is InChI=1S/C17H19FN2O2/c1-20(11-13-5-3-4-6-16(13)18)12-17(21)19-14-7-9-15(22-2)10-8-14/h3-10H,11-12H2,1-2H3,(H,19,21)/p+1. The highest BCUT2D eigenvalue weighted by molar-refractivity contribution is 5.91. The molecule has 22 heavy (non-hydrogen) atoms. The number of hydrogen-bond donors (Lipinski definition) is 2. The summed E-state index contributed by atoms with van der Waals surface area (Å²) < 4.78 is 18.6. The molecule has 0 aliphatic rings. The molecule has 0 spiro atoms. The number of methoxy groups -OCH3 is 1. The third-order valence-electron chi connectivity index (χ3n) is 3.29. The molecular formula is C17H20FN2O2+. The fraction of sp³-hybridized carbons (Fsp3) is 0.235. The van der Waals surface area contributed by atoms with Gasteiger partial charge in [0.15, 0.2) is 6.54 Å². The number of benzene rings is 2. The van der Waals surface area contributed by atoms with E-state index in [1.54, 1.807) is 49.6 Å². The topological polar surface area (TPSA) is 42.8 Å². The van der Waals surface area contributed by atoms with Gasteiger partial charge in [0.25, 0.3) is 5.91 Å². The Balaban J connectivity index is 1.87. The van der Waals surface area contributed by atoms with E-state index in [0.29, 0.717) is 17.8 Å². The van der Waals surface area contributed by atoms with Crippen molar-refractivity contribution < 1.29 is 18.8 Å². The Morgan fingerprint density at radius 2 is 1.86 bits per heavy atom. The Labute approximate surface area is 129 Å². The van der Waals surface area contributed by atoms with Gasteiger partial charge in [-0.05, 0) is 30.3 Å². The van der Waals surface area contributed by atoms with Crippen molar-refractivity contribution in [1.29, 1.82) is 0 Å². The molecule has 116 valence electrons. The minimum Gasteiger partial charge on any atom is -0.497 e. The number of nitrogens with one attached hydrogen (secondary N) is 2. The maximum Gasteiger partial charge on any atom is 0.279 e. The number of amides is 1. The van der Waals surface area contributed by atoms with Gasteiger partial charge in [0.2, 0.25) is 0 Å². The van der Waals surface area contributed by atoms with Crippen LogP contribution in [0.2, 0.25) is 0 Å². The van der Waals surface area contributed by atoms with Crippen LogP contribution in [0.1, 0.15) is 5.56 Å². The minimum atomic E-state index is -0.239. The van der Waals surface area contributed by atoms with Gasteiger partial charge in [-0.2, -0.15) is 0 Å². The number of carbonyl (C=O) groups excluding carboxylic acids is 1. The summed E-state index contributed by atoms with van der Waals surface area (Å²) in [6.07, 6.45) is 0. The van der Waals surface area contributed by atoms with Crippen LogP contribution in [0, 0.1) is 5.82 Å². The molecule has 0 aliphatic heterocycles. The molecule has 1 unspecified atom stereocenters. The summed E-state index contributed by atoms with van der Waals surface area (Å²) in [5.74, 6) is 0.386. The van der Waals surface area contributed by atoms with Crippen LogP contribution in [0.25, 0.3) is 0 Å². The van der Waals surface area contributed by atoms with E-state index in [0.717, 1.165) is 10.6 Å². The van der Waals surface area contributed by atoms with Gasteiger partial charge in [0.1, 0.15) is 18.1 Å². The quantitative estimate of drug-likeness (QED) is 0.849. The first-order valence-corrected chi connectivity index (χ1v) is 7.07. The Bertz CT molecular complexity index is 629. The number of carbonyl (C=O) groups is 1. The summed E-state index contributed by atoms with van der Waals surface area (Å²) in [5, 5.41) is 2.82. The van der Waals surface area contributed by atoms with Gasteiger partial charge in [0.05, 0.1) is 14.2 Å². The molecule has 2 N–H and O–H groups in total. The smallest absolute Gasteiger partial charge is 0.279 e. The van der Waals surface area contributed by atoms with Crippen LogP contribution in [-0.2, 0) is 11.3 Å². The predicted octanol–water partition coefficient (Wildman–Crippen LogP) is 1.49. The fourth-order valence-electron chi connectivity index (χ4n) is 2.18. The molecule has 0 radical (unpaired) electrons. The van der Waals surface area contributed by atoms with Crippen LogP contribution in [0.5, 0.6) is 5.75 Å². The van der Waals surface area contributed by atoms with Gasteiger partial charge >= 0.3 is 0 Å². The van der Waals surface area contributed by atoms with Crippen LogP contribution in [0.3, 0.4) is 0 Å². The Hall–Kier alpha value is -2.40. The molecular weight excluding hydrogens is 283 g/mol. The zero-order valence-corrected chi connectivity index (χ0v) is 12.7. The lowest BCUT2D eigenvalue weighted by molar-refractivity contribution is -0.885. The molecule has 0 fully saturated rings. The molecule has 0 saturated carbocycles. The number of ether oxygens (including phenoxy) is 1. The predicted molar refractivity (Wildman–Crippen MR) is 83.5 cm³/mol. The van der Waals surface area contributed by atoms with E-state index >= 15 is 0 Å². The minimum absolute atomic E-state index is 0.112. The summed E-state index contributed by atoms with van der Waals surface area (Å²) >= 11 is 0. The lowest BCUT2D eigenvalue weighted by Gasteiger charge is -2.14. The Kier molecular flexibility index (Phi) is 5.49. The molecule has 1 amide bonds. The Morgan fingerprint density at radius 1 is 1.18 bits per heavy atom.